The van der Waals surface area contributed by atoms with Crippen molar-refractivity contribution < 1.29 is 19.0 Å². The van der Waals surface area contributed by atoms with Crippen LogP contribution in [-0.4, -0.2) is 26.7 Å². The third-order valence-corrected chi connectivity index (χ3v) is 6.14. The molecule has 0 bridgehead atoms. The lowest BCUT2D eigenvalue weighted by atomic mass is 10.2. The van der Waals surface area contributed by atoms with Crippen LogP contribution in [0.4, 0.5) is 0 Å². The summed E-state index contributed by atoms with van der Waals surface area (Å²) in [6.45, 7) is 3.13. The van der Waals surface area contributed by atoms with E-state index in [1.807, 2.05) is 36.4 Å². The highest BCUT2D eigenvalue weighted by Crippen LogP contribution is 2.37. The number of hydrogen-bond acceptors (Lipinski definition) is 5. The number of carbonyl (C=O) groups is 1. The predicted molar refractivity (Wildman–Crippen MR) is 118 cm³/mol. The van der Waals surface area contributed by atoms with Crippen molar-refractivity contribution >= 4 is 38.9 Å². The van der Waals surface area contributed by atoms with Crippen molar-refractivity contribution in [3.05, 3.63) is 51.9 Å². The van der Waals surface area contributed by atoms with Crippen LogP contribution in [0.2, 0.25) is 5.02 Å². The normalized spacial score (nSPS) is 10.8. The van der Waals surface area contributed by atoms with E-state index in [0.717, 1.165) is 34.2 Å². The van der Waals surface area contributed by atoms with Gasteiger partial charge in [-0.25, -0.2) is 0 Å². The van der Waals surface area contributed by atoms with Crippen LogP contribution in [0.15, 0.2) is 36.4 Å². The molecule has 7 heteroatoms. The lowest BCUT2D eigenvalue weighted by Crippen LogP contribution is -2.22. The zero-order valence-electron chi connectivity index (χ0n) is 16.7. The summed E-state index contributed by atoms with van der Waals surface area (Å²) in [4.78, 5) is 13.2. The molecule has 5 nitrogen and oxygen atoms in total. The fourth-order valence-corrected chi connectivity index (χ4v) is 4.31. The molecule has 154 valence electrons. The molecule has 0 aliphatic heterocycles. The summed E-state index contributed by atoms with van der Waals surface area (Å²) in [7, 11) is 3.22. The maximum atomic E-state index is 12.7. The third-order valence-electron chi connectivity index (χ3n) is 4.48. The second-order valence-corrected chi connectivity index (χ2v) is 7.91. The molecular weight excluding hydrogens is 410 g/mol. The highest BCUT2D eigenvalue weighted by molar-refractivity contribution is 7.21. The Morgan fingerprint density at radius 3 is 2.66 bits per heavy atom. The first-order valence-corrected chi connectivity index (χ1v) is 10.6. The van der Waals surface area contributed by atoms with Crippen LogP contribution >= 0.6 is 22.9 Å². The largest absolute Gasteiger partial charge is 0.497 e. The number of rotatable bonds is 9. The van der Waals surface area contributed by atoms with Crippen LogP contribution in [0, 0.1) is 0 Å². The van der Waals surface area contributed by atoms with Crippen molar-refractivity contribution in [2.24, 2.45) is 0 Å². The number of amides is 1. The average Bonchev–Trinajstić information content (AvgIpc) is 3.08. The SMILES string of the molecule is CCCCOc1ccc(CNC(=O)c2sc3cc(OC)ccc3c2Cl)cc1OC. The van der Waals surface area contributed by atoms with Gasteiger partial charge >= 0.3 is 0 Å². The Hall–Kier alpha value is -2.44. The molecule has 0 aliphatic rings. The monoisotopic (exact) mass is 433 g/mol. The van der Waals surface area contributed by atoms with Crippen molar-refractivity contribution in [1.82, 2.24) is 5.32 Å². The molecule has 3 rings (SSSR count). The highest BCUT2D eigenvalue weighted by Gasteiger charge is 2.17. The lowest BCUT2D eigenvalue weighted by Gasteiger charge is -2.12. The van der Waals surface area contributed by atoms with E-state index in [0.29, 0.717) is 34.6 Å². The number of nitrogens with one attached hydrogen (secondary N) is 1. The topological polar surface area (TPSA) is 56.8 Å². The third kappa shape index (κ3) is 4.95. The van der Waals surface area contributed by atoms with Crippen LogP contribution in [0.25, 0.3) is 10.1 Å². The van der Waals surface area contributed by atoms with Gasteiger partial charge in [0.1, 0.15) is 10.6 Å². The highest BCUT2D eigenvalue weighted by atomic mass is 35.5. The summed E-state index contributed by atoms with van der Waals surface area (Å²) in [5.74, 6) is 1.88. The van der Waals surface area contributed by atoms with Gasteiger partial charge in [-0.15, -0.1) is 11.3 Å². The van der Waals surface area contributed by atoms with Crippen molar-refractivity contribution in [2.45, 2.75) is 26.3 Å². The first-order chi connectivity index (χ1) is 14.1. The maximum Gasteiger partial charge on any atom is 0.263 e. The molecule has 0 saturated heterocycles. The summed E-state index contributed by atoms with van der Waals surface area (Å²) < 4.78 is 17.3. The standard InChI is InChI=1S/C22H24ClNO4S/c1-4-5-10-28-17-9-6-14(11-18(17)27-3)13-24-22(25)21-20(23)16-8-7-15(26-2)12-19(16)29-21/h6-9,11-12H,4-5,10,13H2,1-3H3,(H,24,25). The number of ether oxygens (including phenoxy) is 3. The number of thiophene rings is 1. The molecule has 1 amide bonds. The van der Waals surface area contributed by atoms with Crippen LogP contribution in [0.3, 0.4) is 0 Å². The second kappa shape index (κ2) is 9.85. The molecule has 0 aliphatic carbocycles. The number of benzene rings is 2. The molecule has 1 N–H and O–H groups in total. The number of carbonyl (C=O) groups excluding carboxylic acids is 1. The predicted octanol–water partition coefficient (Wildman–Crippen LogP) is 5.68. The summed E-state index contributed by atoms with van der Waals surface area (Å²) in [5.41, 5.74) is 0.914. The van der Waals surface area contributed by atoms with Crippen LogP contribution in [-0.2, 0) is 6.54 Å². The molecule has 0 spiro atoms. The zero-order valence-corrected chi connectivity index (χ0v) is 18.3. The minimum Gasteiger partial charge on any atom is -0.497 e. The first-order valence-electron chi connectivity index (χ1n) is 9.41. The van der Waals surface area contributed by atoms with Gasteiger partial charge in [-0.1, -0.05) is 31.0 Å². The summed E-state index contributed by atoms with van der Waals surface area (Å²) in [5, 5.41) is 4.23. The van der Waals surface area contributed by atoms with Crippen molar-refractivity contribution in [1.29, 1.82) is 0 Å². The van der Waals surface area contributed by atoms with Gasteiger partial charge in [0.2, 0.25) is 0 Å². The molecule has 0 unspecified atom stereocenters. The molecule has 0 saturated carbocycles. The summed E-state index contributed by atoms with van der Waals surface area (Å²) in [6.07, 6.45) is 2.06. The van der Waals surface area contributed by atoms with Gasteiger partial charge < -0.3 is 19.5 Å². The van der Waals surface area contributed by atoms with E-state index in [2.05, 4.69) is 12.2 Å². The van der Waals surface area contributed by atoms with Gasteiger partial charge in [-0.2, -0.15) is 0 Å². The molecule has 0 fully saturated rings. The molecule has 1 heterocycles. The van der Waals surface area contributed by atoms with E-state index in [9.17, 15) is 4.79 Å². The van der Waals surface area contributed by atoms with E-state index in [-0.39, 0.29) is 5.91 Å². The Morgan fingerprint density at radius 1 is 1.10 bits per heavy atom. The minimum absolute atomic E-state index is 0.211. The van der Waals surface area contributed by atoms with E-state index < -0.39 is 0 Å². The van der Waals surface area contributed by atoms with Crippen LogP contribution in [0.5, 0.6) is 17.2 Å². The van der Waals surface area contributed by atoms with Crippen LogP contribution in [0.1, 0.15) is 35.0 Å². The fraction of sp³-hybridized carbons (Fsp3) is 0.318. The van der Waals surface area contributed by atoms with Gasteiger partial charge in [-0.3, -0.25) is 4.79 Å². The molecule has 1 aromatic heterocycles. The van der Waals surface area contributed by atoms with E-state index in [1.165, 1.54) is 11.3 Å². The Bertz CT molecular complexity index is 1000. The van der Waals surface area contributed by atoms with E-state index in [4.69, 9.17) is 25.8 Å². The molecule has 0 radical (unpaired) electrons. The Balaban J connectivity index is 1.70. The van der Waals surface area contributed by atoms with Crippen molar-refractivity contribution in [2.75, 3.05) is 20.8 Å². The van der Waals surface area contributed by atoms with Gasteiger partial charge in [0.05, 0.1) is 25.8 Å². The summed E-state index contributed by atoms with van der Waals surface area (Å²) in [6, 6.07) is 11.2. The quantitative estimate of drug-likeness (QED) is 0.441. The summed E-state index contributed by atoms with van der Waals surface area (Å²) >= 11 is 7.78. The lowest BCUT2D eigenvalue weighted by molar-refractivity contribution is 0.0955. The number of unbranched alkanes of at least 4 members (excludes halogenated alkanes) is 1. The number of hydrogen-bond donors (Lipinski definition) is 1. The van der Waals surface area contributed by atoms with Gasteiger partial charge in [-0.05, 0) is 42.3 Å². The first kappa shape index (κ1) is 21.3. The Morgan fingerprint density at radius 2 is 1.93 bits per heavy atom. The number of methoxy groups -OCH3 is 2. The zero-order chi connectivity index (χ0) is 20.8. The van der Waals surface area contributed by atoms with Crippen LogP contribution < -0.4 is 19.5 Å². The van der Waals surface area contributed by atoms with E-state index in [1.54, 1.807) is 14.2 Å². The van der Waals surface area contributed by atoms with E-state index >= 15 is 0 Å². The molecule has 2 aromatic carbocycles. The smallest absolute Gasteiger partial charge is 0.263 e. The minimum atomic E-state index is -0.211. The Kier molecular flexibility index (Phi) is 7.23. The van der Waals surface area contributed by atoms with Gasteiger partial charge in [0.25, 0.3) is 5.91 Å². The molecule has 29 heavy (non-hydrogen) atoms. The van der Waals surface area contributed by atoms with Gasteiger partial charge in [0.15, 0.2) is 11.5 Å². The maximum absolute atomic E-state index is 12.7. The van der Waals surface area contributed by atoms with Gasteiger partial charge in [0, 0.05) is 16.6 Å². The Labute approximate surface area is 179 Å². The van der Waals surface area contributed by atoms with Crippen molar-refractivity contribution in [3.8, 4) is 17.2 Å². The molecular formula is C22H24ClNO4S. The fourth-order valence-electron chi connectivity index (χ4n) is 2.85. The number of halogens is 1. The average molecular weight is 434 g/mol. The number of fused-ring (bicyclic) bond motifs is 1. The molecule has 0 atom stereocenters. The van der Waals surface area contributed by atoms with Crippen molar-refractivity contribution in [3.63, 3.8) is 0 Å². The second-order valence-electron chi connectivity index (χ2n) is 6.48. The molecule has 3 aromatic rings.